The Labute approximate surface area is 163 Å². The smallest absolute Gasteiger partial charge is 0.0691 e. The zero-order valence-electron chi connectivity index (χ0n) is 16.5. The van der Waals surface area contributed by atoms with Crippen molar-refractivity contribution in [3.8, 4) is 0 Å². The molecule has 3 heteroatoms. The highest BCUT2D eigenvalue weighted by Gasteiger charge is 2.48. The molecule has 0 unspecified atom stereocenters. The van der Waals surface area contributed by atoms with Crippen molar-refractivity contribution >= 4 is 0 Å². The number of nitrogens with one attached hydrogen (secondary N) is 1. The predicted molar refractivity (Wildman–Crippen MR) is 110 cm³/mol. The third-order valence-electron chi connectivity index (χ3n) is 6.56. The second-order valence-electron chi connectivity index (χ2n) is 8.58. The lowest BCUT2D eigenvalue weighted by Crippen LogP contribution is -2.47. The molecule has 0 bridgehead atoms. The van der Waals surface area contributed by atoms with E-state index in [1.165, 1.54) is 42.5 Å². The Balaban J connectivity index is 1.45. The molecule has 27 heavy (non-hydrogen) atoms. The van der Waals surface area contributed by atoms with Crippen molar-refractivity contribution in [2.45, 2.75) is 69.4 Å². The molecule has 1 saturated heterocycles. The third-order valence-corrected chi connectivity index (χ3v) is 6.56. The third kappa shape index (κ3) is 4.25. The molecule has 2 aliphatic rings. The van der Waals surface area contributed by atoms with Crippen LogP contribution >= 0.6 is 0 Å². The summed E-state index contributed by atoms with van der Waals surface area (Å²) in [5.74, 6) is 0. The van der Waals surface area contributed by atoms with Crippen molar-refractivity contribution in [1.29, 1.82) is 0 Å². The number of aromatic nitrogens is 1. The predicted octanol–water partition coefficient (Wildman–Crippen LogP) is 4.93. The maximum absolute atomic E-state index is 6.34. The van der Waals surface area contributed by atoms with Crippen LogP contribution in [0.15, 0.2) is 48.7 Å². The monoisotopic (exact) mass is 364 g/mol. The van der Waals surface area contributed by atoms with Crippen molar-refractivity contribution in [3.63, 3.8) is 0 Å². The fourth-order valence-corrected chi connectivity index (χ4v) is 5.18. The highest BCUT2D eigenvalue weighted by molar-refractivity contribution is 5.23. The summed E-state index contributed by atoms with van der Waals surface area (Å²) < 4.78 is 6.34. The molecule has 1 aliphatic carbocycles. The second kappa shape index (κ2) is 8.12. The Morgan fingerprint density at radius 1 is 1.07 bits per heavy atom. The average Bonchev–Trinajstić information content (AvgIpc) is 3.13. The summed E-state index contributed by atoms with van der Waals surface area (Å²) >= 11 is 0. The van der Waals surface area contributed by atoms with Gasteiger partial charge < -0.3 is 10.1 Å². The summed E-state index contributed by atoms with van der Waals surface area (Å²) in [6.07, 6.45) is 10.3. The maximum Gasteiger partial charge on any atom is 0.0691 e. The van der Waals surface area contributed by atoms with Crippen LogP contribution in [-0.4, -0.2) is 23.7 Å². The lowest BCUT2D eigenvalue weighted by molar-refractivity contribution is -0.104. The van der Waals surface area contributed by atoms with Gasteiger partial charge in [0.25, 0.3) is 0 Å². The van der Waals surface area contributed by atoms with Gasteiger partial charge in [-0.1, -0.05) is 48.7 Å². The van der Waals surface area contributed by atoms with Gasteiger partial charge in [0, 0.05) is 30.5 Å². The topological polar surface area (TPSA) is 34.2 Å². The van der Waals surface area contributed by atoms with Gasteiger partial charge >= 0.3 is 0 Å². The SMILES string of the molecule is Cc1cccc(CNCC[C@@]2(c3ccccn3)CCOC3(CCCC3)C2)c1. The first kappa shape index (κ1) is 18.6. The fraction of sp³-hybridized carbons (Fsp3) is 0.542. The Morgan fingerprint density at radius 2 is 1.96 bits per heavy atom. The van der Waals surface area contributed by atoms with Crippen LogP contribution in [0.3, 0.4) is 0 Å². The molecule has 144 valence electrons. The van der Waals surface area contributed by atoms with Crippen LogP contribution in [0.4, 0.5) is 0 Å². The van der Waals surface area contributed by atoms with E-state index >= 15 is 0 Å². The number of hydrogen-bond acceptors (Lipinski definition) is 3. The van der Waals surface area contributed by atoms with Crippen LogP contribution in [0.1, 0.15) is 61.8 Å². The molecular weight excluding hydrogens is 332 g/mol. The Kier molecular flexibility index (Phi) is 5.60. The van der Waals surface area contributed by atoms with Crippen molar-refractivity contribution in [2.24, 2.45) is 0 Å². The Bertz CT molecular complexity index is 739. The summed E-state index contributed by atoms with van der Waals surface area (Å²) in [6.45, 7) is 4.97. The molecule has 1 aromatic carbocycles. The highest BCUT2D eigenvalue weighted by atomic mass is 16.5. The van der Waals surface area contributed by atoms with Gasteiger partial charge in [-0.25, -0.2) is 0 Å². The number of hydrogen-bond donors (Lipinski definition) is 1. The lowest BCUT2D eigenvalue weighted by Gasteiger charge is -2.46. The molecule has 1 saturated carbocycles. The van der Waals surface area contributed by atoms with Crippen molar-refractivity contribution in [2.75, 3.05) is 13.2 Å². The first-order valence-corrected chi connectivity index (χ1v) is 10.5. The number of ether oxygens (including phenoxy) is 1. The van der Waals surface area contributed by atoms with Gasteiger partial charge in [0.2, 0.25) is 0 Å². The number of rotatable bonds is 6. The molecule has 2 heterocycles. The lowest BCUT2D eigenvalue weighted by atomic mass is 9.68. The summed E-state index contributed by atoms with van der Waals surface area (Å²) in [7, 11) is 0. The summed E-state index contributed by atoms with van der Waals surface area (Å²) in [6, 6.07) is 15.2. The van der Waals surface area contributed by atoms with Crippen molar-refractivity contribution in [1.82, 2.24) is 10.3 Å². The molecule has 2 fully saturated rings. The van der Waals surface area contributed by atoms with Crippen LogP contribution in [-0.2, 0) is 16.7 Å². The number of aryl methyl sites for hydroxylation is 1. The first-order valence-electron chi connectivity index (χ1n) is 10.5. The van der Waals surface area contributed by atoms with Crippen LogP contribution < -0.4 is 5.32 Å². The molecule has 0 amide bonds. The molecule has 0 radical (unpaired) electrons. The fourth-order valence-electron chi connectivity index (χ4n) is 5.18. The van der Waals surface area contributed by atoms with E-state index in [1.54, 1.807) is 0 Å². The minimum Gasteiger partial charge on any atom is -0.375 e. The molecule has 1 aliphatic heterocycles. The largest absolute Gasteiger partial charge is 0.375 e. The quantitative estimate of drug-likeness (QED) is 0.738. The van der Waals surface area contributed by atoms with E-state index in [9.17, 15) is 0 Å². The van der Waals surface area contributed by atoms with E-state index in [2.05, 4.69) is 48.6 Å². The minimum absolute atomic E-state index is 0.103. The summed E-state index contributed by atoms with van der Waals surface area (Å²) in [5, 5.41) is 3.68. The highest BCUT2D eigenvalue weighted by Crippen LogP contribution is 2.49. The van der Waals surface area contributed by atoms with E-state index in [1.807, 2.05) is 12.3 Å². The van der Waals surface area contributed by atoms with Crippen LogP contribution in [0.5, 0.6) is 0 Å². The van der Waals surface area contributed by atoms with E-state index in [0.29, 0.717) is 0 Å². The normalized spacial score (nSPS) is 24.3. The maximum atomic E-state index is 6.34. The summed E-state index contributed by atoms with van der Waals surface area (Å²) in [4.78, 5) is 4.79. The van der Waals surface area contributed by atoms with Crippen molar-refractivity contribution < 1.29 is 4.74 Å². The molecule has 1 N–H and O–H groups in total. The molecule has 1 atom stereocenters. The van der Waals surface area contributed by atoms with E-state index in [-0.39, 0.29) is 11.0 Å². The van der Waals surface area contributed by atoms with Crippen LogP contribution in [0.2, 0.25) is 0 Å². The molecule has 4 rings (SSSR count). The standard InChI is InChI=1S/C24H32N2O/c1-20-7-6-8-21(17-20)18-25-15-12-23(22-9-2-5-14-26-22)13-16-27-24(19-23)10-3-4-11-24/h2,5-9,14,17,25H,3-4,10-13,15-16,18-19H2,1H3/t23-/m1/s1. The number of nitrogens with zero attached hydrogens (tertiary/aromatic N) is 1. The van der Waals surface area contributed by atoms with Gasteiger partial charge in [-0.2, -0.15) is 0 Å². The van der Waals surface area contributed by atoms with Crippen molar-refractivity contribution in [3.05, 3.63) is 65.5 Å². The zero-order valence-corrected chi connectivity index (χ0v) is 16.5. The first-order chi connectivity index (χ1) is 13.2. The van der Waals surface area contributed by atoms with Crippen LogP contribution in [0, 0.1) is 6.92 Å². The van der Waals surface area contributed by atoms with Gasteiger partial charge in [0.15, 0.2) is 0 Å². The zero-order chi connectivity index (χ0) is 18.6. The molecule has 2 aromatic rings. The van der Waals surface area contributed by atoms with Gasteiger partial charge in [-0.15, -0.1) is 0 Å². The van der Waals surface area contributed by atoms with Gasteiger partial charge in [0.05, 0.1) is 5.60 Å². The second-order valence-corrected chi connectivity index (χ2v) is 8.58. The number of pyridine rings is 1. The van der Waals surface area contributed by atoms with E-state index < -0.39 is 0 Å². The Morgan fingerprint density at radius 3 is 2.74 bits per heavy atom. The van der Waals surface area contributed by atoms with E-state index in [4.69, 9.17) is 9.72 Å². The van der Waals surface area contributed by atoms with Crippen LogP contribution in [0.25, 0.3) is 0 Å². The molecular formula is C24H32N2O. The summed E-state index contributed by atoms with van der Waals surface area (Å²) in [5.41, 5.74) is 4.19. The Hall–Kier alpha value is -1.71. The van der Waals surface area contributed by atoms with Gasteiger partial charge in [-0.05, 0) is 63.3 Å². The van der Waals surface area contributed by atoms with Gasteiger partial charge in [-0.3, -0.25) is 4.98 Å². The minimum atomic E-state index is 0.103. The number of benzene rings is 1. The molecule has 1 aromatic heterocycles. The molecule has 3 nitrogen and oxygen atoms in total. The molecule has 1 spiro atoms. The van der Waals surface area contributed by atoms with Gasteiger partial charge in [0.1, 0.15) is 0 Å². The average molecular weight is 365 g/mol. The van der Waals surface area contributed by atoms with E-state index in [0.717, 1.165) is 39.0 Å².